The highest BCUT2D eigenvalue weighted by Crippen LogP contribution is 2.31. The van der Waals surface area contributed by atoms with Crippen LogP contribution in [0.4, 0.5) is 0 Å². The number of likely N-dealkylation sites (tertiary alicyclic amines) is 1. The molecule has 0 unspecified atom stereocenters. The van der Waals surface area contributed by atoms with Gasteiger partial charge in [-0.2, -0.15) is 0 Å². The van der Waals surface area contributed by atoms with Crippen molar-refractivity contribution in [2.45, 2.75) is 49.7 Å². The van der Waals surface area contributed by atoms with Gasteiger partial charge in [-0.3, -0.25) is 4.79 Å². The lowest BCUT2D eigenvalue weighted by molar-refractivity contribution is -0.127. The molecule has 1 aliphatic rings. The summed E-state index contributed by atoms with van der Waals surface area (Å²) in [4.78, 5) is 14.2. The number of carbonyl (C=O) groups is 1. The Labute approximate surface area is 134 Å². The molecule has 8 heteroatoms. The van der Waals surface area contributed by atoms with E-state index in [4.69, 9.17) is 37.1 Å². The van der Waals surface area contributed by atoms with Crippen molar-refractivity contribution in [2.24, 2.45) is 11.7 Å². The molecule has 8 radical (unpaired) electrons. The van der Waals surface area contributed by atoms with Crippen molar-refractivity contribution in [3.63, 3.8) is 0 Å². The summed E-state index contributed by atoms with van der Waals surface area (Å²) in [6, 6.07) is 0. The number of piperidine rings is 1. The van der Waals surface area contributed by atoms with Crippen molar-refractivity contribution in [3.05, 3.63) is 0 Å². The van der Waals surface area contributed by atoms with Crippen molar-refractivity contribution in [2.75, 3.05) is 19.6 Å². The fourth-order valence-electron chi connectivity index (χ4n) is 2.20. The molecule has 4 nitrogen and oxygen atoms in total. The number of nitrogens with one attached hydrogen (secondary N) is 1. The van der Waals surface area contributed by atoms with Gasteiger partial charge in [0.15, 0.2) is 0 Å². The topological polar surface area (TPSA) is 58.4 Å². The van der Waals surface area contributed by atoms with Gasteiger partial charge in [0.25, 0.3) is 0 Å². The maximum Gasteiger partial charge on any atom is 0.222 e. The molecule has 1 aliphatic heterocycles. The zero-order valence-corrected chi connectivity index (χ0v) is 13.4. The van der Waals surface area contributed by atoms with E-state index >= 15 is 0 Å². The Bertz CT molecular complexity index is 374. The van der Waals surface area contributed by atoms with Crippen LogP contribution in [0.3, 0.4) is 0 Å². The van der Waals surface area contributed by atoms with Gasteiger partial charge in [0, 0.05) is 10.9 Å². The van der Waals surface area contributed by atoms with Gasteiger partial charge in [0.2, 0.25) is 5.91 Å². The molecule has 1 saturated heterocycles. The Balaban J connectivity index is 2.72. The van der Waals surface area contributed by atoms with E-state index in [2.05, 4.69) is 5.32 Å². The van der Waals surface area contributed by atoms with E-state index < -0.39 is 22.0 Å². The zero-order chi connectivity index (χ0) is 16.5. The summed E-state index contributed by atoms with van der Waals surface area (Å²) in [6.07, 6.45) is 1.77. The van der Waals surface area contributed by atoms with E-state index in [0.29, 0.717) is 25.6 Å². The Morgan fingerprint density at radius 3 is 2.05 bits per heavy atom. The Morgan fingerprint density at radius 1 is 1.19 bits per heavy atom. The zero-order valence-electron chi connectivity index (χ0n) is 13.4. The molecule has 0 aromatic carbocycles. The van der Waals surface area contributed by atoms with Gasteiger partial charge in [-0.25, -0.2) is 0 Å². The summed E-state index contributed by atoms with van der Waals surface area (Å²) in [6.45, 7) is 7.04. The summed E-state index contributed by atoms with van der Waals surface area (Å²) in [5.74, 6) is -0.0197. The minimum absolute atomic E-state index is 0.466. The third kappa shape index (κ3) is 4.32. The number of hydrogen-bond donors (Lipinski definition) is 2. The highest BCUT2D eigenvalue weighted by Gasteiger charge is 2.40. The van der Waals surface area contributed by atoms with Crippen LogP contribution >= 0.6 is 0 Å². The standard InChI is InChI=1S/C13H23B4N3O/c1-11(2,12(3,14)15)19-10(21)13(16,17)20-6-4-9(8-18)5-7-20/h9H,4-8,18H2,1-3H3,(H,19,21). The van der Waals surface area contributed by atoms with Crippen molar-refractivity contribution >= 4 is 37.3 Å². The summed E-state index contributed by atoms with van der Waals surface area (Å²) in [5, 5.41) is 0.0805. The lowest BCUT2D eigenvalue weighted by atomic mass is 9.47. The number of nitrogens with two attached hydrogens (primary N) is 1. The van der Waals surface area contributed by atoms with Crippen molar-refractivity contribution in [3.8, 4) is 0 Å². The minimum atomic E-state index is -1.58. The van der Waals surface area contributed by atoms with Gasteiger partial charge in [-0.15, -0.1) is 0 Å². The minimum Gasteiger partial charge on any atom is -0.352 e. The maximum absolute atomic E-state index is 12.4. The van der Waals surface area contributed by atoms with Gasteiger partial charge in [0.1, 0.15) is 0 Å². The third-order valence-corrected chi connectivity index (χ3v) is 4.61. The largest absolute Gasteiger partial charge is 0.352 e. The molecule has 0 aromatic heterocycles. The van der Waals surface area contributed by atoms with Crippen molar-refractivity contribution in [1.29, 1.82) is 0 Å². The second-order valence-electron chi connectivity index (χ2n) is 6.85. The van der Waals surface area contributed by atoms with E-state index in [-0.39, 0.29) is 0 Å². The van der Waals surface area contributed by atoms with Crippen LogP contribution in [0.5, 0.6) is 0 Å². The predicted molar refractivity (Wildman–Crippen MR) is 89.7 cm³/mol. The average Bonchev–Trinajstić information content (AvgIpc) is 2.36. The fourth-order valence-corrected chi connectivity index (χ4v) is 2.20. The lowest BCUT2D eigenvalue weighted by Crippen LogP contribution is -2.66. The fraction of sp³-hybridized carbons (Fsp3) is 0.923. The second-order valence-corrected chi connectivity index (χ2v) is 6.85. The van der Waals surface area contributed by atoms with Gasteiger partial charge in [0.05, 0.1) is 31.4 Å². The van der Waals surface area contributed by atoms with Crippen LogP contribution in [-0.2, 0) is 4.79 Å². The smallest absolute Gasteiger partial charge is 0.222 e. The van der Waals surface area contributed by atoms with Gasteiger partial charge >= 0.3 is 0 Å². The molecule has 1 rings (SSSR count). The van der Waals surface area contributed by atoms with Crippen molar-refractivity contribution in [1.82, 2.24) is 10.2 Å². The van der Waals surface area contributed by atoms with Gasteiger partial charge in [-0.05, 0) is 52.2 Å². The van der Waals surface area contributed by atoms with Gasteiger partial charge < -0.3 is 16.0 Å². The predicted octanol–water partition coefficient (Wildman–Crippen LogP) is -0.984. The molecule has 3 N–H and O–H groups in total. The summed E-state index contributed by atoms with van der Waals surface area (Å²) in [5.41, 5.74) is 4.82. The SMILES string of the molecule is [B]C([B])(C(=O)NC(C)(C)C([B])([B])C)N1CCC(CN)CC1. The van der Waals surface area contributed by atoms with E-state index in [1.54, 1.807) is 25.7 Å². The number of hydrogen-bond acceptors (Lipinski definition) is 3. The van der Waals surface area contributed by atoms with Crippen LogP contribution in [0.2, 0.25) is 5.21 Å². The second kappa shape index (κ2) is 6.41. The van der Waals surface area contributed by atoms with Crippen molar-refractivity contribution < 1.29 is 4.79 Å². The van der Waals surface area contributed by atoms with Crippen LogP contribution < -0.4 is 11.1 Å². The number of carbonyl (C=O) groups excluding carboxylic acids is 1. The number of nitrogens with zero attached hydrogens (tertiary/aromatic N) is 1. The quantitative estimate of drug-likeness (QED) is 0.636. The van der Waals surface area contributed by atoms with E-state index in [9.17, 15) is 4.79 Å². The Hall–Kier alpha value is -0.350. The maximum atomic E-state index is 12.4. The van der Waals surface area contributed by atoms with Crippen LogP contribution in [0.1, 0.15) is 33.6 Å². The molecule has 0 aromatic rings. The lowest BCUT2D eigenvalue weighted by Gasteiger charge is -2.47. The van der Waals surface area contributed by atoms with Gasteiger partial charge in [-0.1, -0.05) is 12.1 Å². The third-order valence-electron chi connectivity index (χ3n) is 4.61. The first-order valence-corrected chi connectivity index (χ1v) is 7.35. The molecule has 21 heavy (non-hydrogen) atoms. The molecule has 1 amide bonds. The van der Waals surface area contributed by atoms with E-state index in [1.807, 2.05) is 0 Å². The van der Waals surface area contributed by atoms with E-state index in [1.165, 1.54) is 0 Å². The molecule has 0 aliphatic carbocycles. The molecule has 1 heterocycles. The first kappa shape index (κ1) is 18.7. The Kier molecular flexibility index (Phi) is 5.71. The van der Waals surface area contributed by atoms with Crippen LogP contribution in [-0.4, -0.2) is 72.7 Å². The average molecular weight is 281 g/mol. The summed E-state index contributed by atoms with van der Waals surface area (Å²) in [7, 11) is 23.8. The van der Waals surface area contributed by atoms with Crippen LogP contribution in [0.15, 0.2) is 0 Å². The molecule has 0 bridgehead atoms. The Morgan fingerprint density at radius 2 is 1.67 bits per heavy atom. The van der Waals surface area contributed by atoms with Crippen LogP contribution in [0, 0.1) is 5.92 Å². The molecular weight excluding hydrogens is 257 g/mol. The monoisotopic (exact) mass is 281 g/mol. The highest BCUT2D eigenvalue weighted by atomic mass is 16.2. The molecule has 0 spiro atoms. The summed E-state index contributed by atoms with van der Waals surface area (Å²) < 4.78 is 0. The summed E-state index contributed by atoms with van der Waals surface area (Å²) >= 11 is 0. The normalized spacial score (nSPS) is 19.4. The first-order valence-electron chi connectivity index (χ1n) is 7.35. The molecule has 0 saturated carbocycles. The first-order chi connectivity index (χ1) is 9.41. The molecule has 0 atom stereocenters. The van der Waals surface area contributed by atoms with E-state index in [0.717, 1.165) is 12.8 Å². The number of rotatable bonds is 5. The molecule has 1 fully saturated rings. The van der Waals surface area contributed by atoms with Crippen LogP contribution in [0.25, 0.3) is 0 Å². The molecular formula is C13H23B4N3O. The highest BCUT2D eigenvalue weighted by molar-refractivity contribution is 6.51. The molecule has 108 valence electrons. The number of amides is 1.